The van der Waals surface area contributed by atoms with Crippen LogP contribution in [0.4, 0.5) is 0 Å². The maximum Gasteiger partial charge on any atom is 0.164 e. The Labute approximate surface area is 237 Å². The predicted molar refractivity (Wildman–Crippen MR) is 167 cm³/mol. The maximum atomic E-state index is 6.20. The molecule has 8 rings (SSSR count). The topological polar surface area (TPSA) is 38.7 Å². The molecule has 0 radical (unpaired) electrons. The van der Waals surface area contributed by atoms with Crippen molar-refractivity contribution in [3.63, 3.8) is 0 Å². The van der Waals surface area contributed by atoms with E-state index in [4.69, 9.17) is 26.6 Å². The highest BCUT2D eigenvalue weighted by molar-refractivity contribution is 7.26. The number of aromatic nitrogens is 3. The highest BCUT2D eigenvalue weighted by Crippen LogP contribution is 2.40. The number of hydrogen-bond acceptors (Lipinski definition) is 5. The number of rotatable bonds is 3. The first kappa shape index (κ1) is 22.8. The van der Waals surface area contributed by atoms with Crippen molar-refractivity contribution in [1.29, 1.82) is 0 Å². The average molecular weight is 556 g/mol. The second-order valence-corrected chi connectivity index (χ2v) is 12.0. The molecule has 184 valence electrons. The number of halogens is 1. The van der Waals surface area contributed by atoms with E-state index in [-0.39, 0.29) is 0 Å². The summed E-state index contributed by atoms with van der Waals surface area (Å²) in [5, 5.41) is 5.60. The van der Waals surface area contributed by atoms with Crippen LogP contribution >= 0.6 is 34.3 Å². The zero-order valence-electron chi connectivity index (χ0n) is 20.4. The second kappa shape index (κ2) is 8.95. The summed E-state index contributed by atoms with van der Waals surface area (Å²) in [4.78, 5) is 15.0. The van der Waals surface area contributed by atoms with Crippen molar-refractivity contribution in [3.8, 4) is 34.2 Å². The maximum absolute atomic E-state index is 6.20. The quantitative estimate of drug-likeness (QED) is 0.217. The molecule has 0 aliphatic heterocycles. The average Bonchev–Trinajstić information content (AvgIpc) is 3.55. The van der Waals surface area contributed by atoms with Crippen LogP contribution in [0.5, 0.6) is 0 Å². The third kappa shape index (κ3) is 3.81. The van der Waals surface area contributed by atoms with E-state index >= 15 is 0 Å². The molecular formula is C33H18ClN3S2. The molecule has 3 heterocycles. The van der Waals surface area contributed by atoms with Crippen LogP contribution in [0.2, 0.25) is 5.02 Å². The van der Waals surface area contributed by atoms with Crippen molar-refractivity contribution in [2.75, 3.05) is 0 Å². The molecular weight excluding hydrogens is 538 g/mol. The predicted octanol–water partition coefficient (Wildman–Crippen LogP) is 10.3. The van der Waals surface area contributed by atoms with Gasteiger partial charge in [-0.3, -0.25) is 0 Å². The van der Waals surface area contributed by atoms with E-state index in [1.807, 2.05) is 24.3 Å². The van der Waals surface area contributed by atoms with E-state index in [0.29, 0.717) is 22.5 Å². The highest BCUT2D eigenvalue weighted by Gasteiger charge is 2.17. The Morgan fingerprint density at radius 1 is 0.462 bits per heavy atom. The lowest BCUT2D eigenvalue weighted by molar-refractivity contribution is 1.08. The Morgan fingerprint density at radius 2 is 1.05 bits per heavy atom. The van der Waals surface area contributed by atoms with Crippen molar-refractivity contribution >= 4 is 74.6 Å². The van der Waals surface area contributed by atoms with Gasteiger partial charge in [0.15, 0.2) is 17.5 Å². The van der Waals surface area contributed by atoms with Crippen LogP contribution in [0, 0.1) is 0 Å². The van der Waals surface area contributed by atoms with Crippen LogP contribution in [-0.4, -0.2) is 15.0 Å². The van der Waals surface area contributed by atoms with E-state index in [2.05, 4.69) is 84.9 Å². The van der Waals surface area contributed by atoms with Gasteiger partial charge in [0, 0.05) is 62.1 Å². The number of benzene rings is 5. The van der Waals surface area contributed by atoms with Gasteiger partial charge in [0.05, 0.1) is 0 Å². The minimum atomic E-state index is 0.625. The Hall–Kier alpha value is -4.16. The minimum absolute atomic E-state index is 0.625. The van der Waals surface area contributed by atoms with Crippen LogP contribution in [0.25, 0.3) is 74.5 Å². The van der Waals surface area contributed by atoms with Crippen LogP contribution in [-0.2, 0) is 0 Å². The molecule has 39 heavy (non-hydrogen) atoms. The van der Waals surface area contributed by atoms with Gasteiger partial charge in [-0.2, -0.15) is 0 Å². The fourth-order valence-corrected chi connectivity index (χ4v) is 7.58. The summed E-state index contributed by atoms with van der Waals surface area (Å²) >= 11 is 9.79. The molecule has 0 saturated carbocycles. The molecule has 0 aliphatic carbocycles. The van der Waals surface area contributed by atoms with Gasteiger partial charge in [-0.05, 0) is 48.5 Å². The van der Waals surface area contributed by atoms with Crippen LogP contribution in [0.15, 0.2) is 109 Å². The Morgan fingerprint density at radius 3 is 1.87 bits per heavy atom. The number of nitrogens with zero attached hydrogens (tertiary/aromatic N) is 3. The Balaban J connectivity index is 1.39. The molecule has 3 nitrogen and oxygen atoms in total. The van der Waals surface area contributed by atoms with E-state index in [1.165, 1.54) is 40.3 Å². The van der Waals surface area contributed by atoms with Gasteiger partial charge in [-0.25, -0.2) is 15.0 Å². The third-order valence-corrected chi connectivity index (χ3v) is 9.54. The molecule has 0 spiro atoms. The van der Waals surface area contributed by atoms with Crippen molar-refractivity contribution in [2.45, 2.75) is 0 Å². The molecule has 0 fully saturated rings. The largest absolute Gasteiger partial charge is 0.208 e. The summed E-state index contributed by atoms with van der Waals surface area (Å²) in [7, 11) is 0. The first-order chi connectivity index (χ1) is 19.2. The molecule has 0 bridgehead atoms. The summed E-state index contributed by atoms with van der Waals surface area (Å²) < 4.78 is 4.96. The first-order valence-electron chi connectivity index (χ1n) is 12.6. The Bertz CT molecular complexity index is 2200. The van der Waals surface area contributed by atoms with Crippen LogP contribution in [0.1, 0.15) is 0 Å². The molecule has 8 aromatic rings. The molecule has 0 saturated heterocycles. The lowest BCUT2D eigenvalue weighted by atomic mass is 10.1. The molecule has 0 amide bonds. The van der Waals surface area contributed by atoms with Crippen molar-refractivity contribution < 1.29 is 0 Å². The van der Waals surface area contributed by atoms with E-state index in [1.54, 1.807) is 22.7 Å². The monoisotopic (exact) mass is 555 g/mol. The van der Waals surface area contributed by atoms with Gasteiger partial charge in [0.1, 0.15) is 0 Å². The normalized spacial score (nSPS) is 11.7. The lowest BCUT2D eigenvalue weighted by Gasteiger charge is -2.10. The molecule has 0 aliphatic rings. The molecule has 3 aromatic heterocycles. The van der Waals surface area contributed by atoms with Gasteiger partial charge >= 0.3 is 0 Å². The summed E-state index contributed by atoms with van der Waals surface area (Å²) in [5.41, 5.74) is 2.87. The molecule has 0 unspecified atom stereocenters. The lowest BCUT2D eigenvalue weighted by Crippen LogP contribution is -2.00. The van der Waals surface area contributed by atoms with Gasteiger partial charge in [0.25, 0.3) is 0 Å². The number of fused-ring (bicyclic) bond motifs is 6. The highest BCUT2D eigenvalue weighted by atomic mass is 35.5. The van der Waals surface area contributed by atoms with Crippen LogP contribution in [0.3, 0.4) is 0 Å². The molecule has 0 N–H and O–H groups in total. The fraction of sp³-hybridized carbons (Fsp3) is 0. The zero-order valence-corrected chi connectivity index (χ0v) is 22.8. The van der Waals surface area contributed by atoms with E-state index in [9.17, 15) is 0 Å². The summed E-state index contributed by atoms with van der Waals surface area (Å²) in [6, 6.07) is 37.6. The SMILES string of the molecule is Clc1ccc(-c2nc(-c3ccc4c(c3)sc3ccccc34)nc(-c3cccc4sc5ccccc5c34)n2)cc1. The molecule has 6 heteroatoms. The second-order valence-electron chi connectivity index (χ2n) is 9.40. The molecule has 5 aromatic carbocycles. The summed E-state index contributed by atoms with van der Waals surface area (Å²) in [6.07, 6.45) is 0. The summed E-state index contributed by atoms with van der Waals surface area (Å²) in [6.45, 7) is 0. The zero-order chi connectivity index (χ0) is 25.9. The van der Waals surface area contributed by atoms with E-state index < -0.39 is 0 Å². The van der Waals surface area contributed by atoms with Crippen LogP contribution < -0.4 is 0 Å². The Kier molecular flexibility index (Phi) is 5.23. The standard InChI is InChI=1S/C33H18ClN3S2/c34-21-15-12-19(13-16-21)31-35-32(20-14-17-23-22-6-1-3-9-26(22)39-29(23)18-20)37-33(36-31)25-8-5-11-28-30(25)24-7-2-4-10-27(24)38-28/h1-18H. The van der Waals surface area contributed by atoms with Gasteiger partial charge in [0.2, 0.25) is 0 Å². The smallest absolute Gasteiger partial charge is 0.164 e. The molecule has 0 atom stereocenters. The number of hydrogen-bond donors (Lipinski definition) is 0. The van der Waals surface area contributed by atoms with Gasteiger partial charge < -0.3 is 0 Å². The van der Waals surface area contributed by atoms with Gasteiger partial charge in [-0.1, -0.05) is 72.3 Å². The van der Waals surface area contributed by atoms with Crippen molar-refractivity contribution in [1.82, 2.24) is 15.0 Å². The minimum Gasteiger partial charge on any atom is -0.208 e. The first-order valence-corrected chi connectivity index (χ1v) is 14.6. The van der Waals surface area contributed by atoms with Crippen molar-refractivity contribution in [3.05, 3.63) is 114 Å². The van der Waals surface area contributed by atoms with E-state index in [0.717, 1.165) is 16.7 Å². The third-order valence-electron chi connectivity index (χ3n) is 7.02. The van der Waals surface area contributed by atoms with Crippen molar-refractivity contribution in [2.24, 2.45) is 0 Å². The number of thiophene rings is 2. The summed E-state index contributed by atoms with van der Waals surface area (Å²) in [5.74, 6) is 1.94. The fourth-order valence-electron chi connectivity index (χ4n) is 5.18. The van der Waals surface area contributed by atoms with Gasteiger partial charge in [-0.15, -0.1) is 22.7 Å².